The molecular formula is C15H19N3S. The lowest BCUT2D eigenvalue weighted by Crippen LogP contribution is -2.09. The normalized spacial score (nSPS) is 10.7. The van der Waals surface area contributed by atoms with E-state index in [4.69, 9.17) is 0 Å². The zero-order chi connectivity index (χ0) is 13.7. The SMILES string of the molecule is CNCc1cc(C)nc(CSc2ccccc2C)n1. The zero-order valence-corrected chi connectivity index (χ0v) is 12.4. The Balaban J connectivity index is 2.09. The van der Waals surface area contributed by atoms with E-state index in [1.165, 1.54) is 10.5 Å². The lowest BCUT2D eigenvalue weighted by Gasteiger charge is -2.07. The summed E-state index contributed by atoms with van der Waals surface area (Å²) in [5, 5.41) is 3.12. The summed E-state index contributed by atoms with van der Waals surface area (Å²) in [5.41, 5.74) is 3.38. The molecule has 0 unspecified atom stereocenters. The minimum Gasteiger partial charge on any atom is -0.314 e. The summed E-state index contributed by atoms with van der Waals surface area (Å²) in [6.45, 7) is 4.93. The fourth-order valence-electron chi connectivity index (χ4n) is 1.90. The second-order valence-electron chi connectivity index (χ2n) is 4.50. The standard InChI is InChI=1S/C15H19N3S/c1-11-6-4-5-7-14(11)19-10-15-17-12(2)8-13(18-15)9-16-3/h4-8,16H,9-10H2,1-3H3. The molecule has 1 aromatic carbocycles. The van der Waals surface area contributed by atoms with E-state index in [9.17, 15) is 0 Å². The van der Waals surface area contributed by atoms with Gasteiger partial charge in [0.25, 0.3) is 0 Å². The molecule has 19 heavy (non-hydrogen) atoms. The summed E-state index contributed by atoms with van der Waals surface area (Å²) < 4.78 is 0. The molecule has 2 rings (SSSR count). The van der Waals surface area contributed by atoms with Crippen LogP contribution in [-0.2, 0) is 12.3 Å². The Bertz CT molecular complexity index is 555. The average molecular weight is 273 g/mol. The molecule has 3 nitrogen and oxygen atoms in total. The lowest BCUT2D eigenvalue weighted by atomic mass is 10.2. The summed E-state index contributed by atoms with van der Waals surface area (Å²) in [7, 11) is 1.93. The maximum Gasteiger partial charge on any atom is 0.139 e. The number of hydrogen-bond acceptors (Lipinski definition) is 4. The number of aromatic nitrogens is 2. The molecule has 1 N–H and O–H groups in total. The van der Waals surface area contributed by atoms with Gasteiger partial charge in [-0.15, -0.1) is 11.8 Å². The van der Waals surface area contributed by atoms with Crippen molar-refractivity contribution >= 4 is 11.8 Å². The van der Waals surface area contributed by atoms with Crippen molar-refractivity contribution in [3.63, 3.8) is 0 Å². The van der Waals surface area contributed by atoms with Crippen molar-refractivity contribution < 1.29 is 0 Å². The number of hydrogen-bond donors (Lipinski definition) is 1. The van der Waals surface area contributed by atoms with Crippen molar-refractivity contribution in [3.8, 4) is 0 Å². The highest BCUT2D eigenvalue weighted by molar-refractivity contribution is 7.98. The van der Waals surface area contributed by atoms with Gasteiger partial charge in [-0.3, -0.25) is 0 Å². The molecule has 0 aliphatic rings. The summed E-state index contributed by atoms with van der Waals surface area (Å²) in [6, 6.07) is 10.4. The molecule has 4 heteroatoms. The average Bonchev–Trinajstić information content (AvgIpc) is 2.37. The fourth-order valence-corrected chi connectivity index (χ4v) is 2.78. The van der Waals surface area contributed by atoms with Crippen LogP contribution in [0.1, 0.15) is 22.8 Å². The van der Waals surface area contributed by atoms with Gasteiger partial charge < -0.3 is 5.32 Å². The number of thioether (sulfide) groups is 1. The predicted molar refractivity (Wildman–Crippen MR) is 80.3 cm³/mol. The van der Waals surface area contributed by atoms with E-state index < -0.39 is 0 Å². The van der Waals surface area contributed by atoms with Crippen molar-refractivity contribution in [1.82, 2.24) is 15.3 Å². The van der Waals surface area contributed by atoms with Gasteiger partial charge in [0.1, 0.15) is 5.82 Å². The molecule has 0 saturated carbocycles. The van der Waals surface area contributed by atoms with Crippen LogP contribution in [0.5, 0.6) is 0 Å². The second kappa shape index (κ2) is 6.68. The van der Waals surface area contributed by atoms with Gasteiger partial charge in [0, 0.05) is 17.1 Å². The number of nitrogens with zero attached hydrogens (tertiary/aromatic N) is 2. The quantitative estimate of drug-likeness (QED) is 0.850. The predicted octanol–water partition coefficient (Wildman–Crippen LogP) is 3.11. The highest BCUT2D eigenvalue weighted by Gasteiger charge is 2.04. The van der Waals surface area contributed by atoms with Crippen LogP contribution in [0.4, 0.5) is 0 Å². The molecule has 0 atom stereocenters. The van der Waals surface area contributed by atoms with Crippen LogP contribution >= 0.6 is 11.8 Å². The van der Waals surface area contributed by atoms with Gasteiger partial charge >= 0.3 is 0 Å². The van der Waals surface area contributed by atoms with Crippen molar-refractivity contribution in [2.45, 2.75) is 31.0 Å². The Morgan fingerprint density at radius 3 is 2.68 bits per heavy atom. The van der Waals surface area contributed by atoms with E-state index in [1.807, 2.05) is 20.0 Å². The molecule has 1 heterocycles. The van der Waals surface area contributed by atoms with E-state index in [-0.39, 0.29) is 0 Å². The Morgan fingerprint density at radius 1 is 1.16 bits per heavy atom. The molecule has 0 fully saturated rings. The first-order valence-electron chi connectivity index (χ1n) is 6.35. The maximum absolute atomic E-state index is 4.57. The minimum atomic E-state index is 0.783. The van der Waals surface area contributed by atoms with Gasteiger partial charge in [-0.05, 0) is 38.6 Å². The van der Waals surface area contributed by atoms with Crippen molar-refractivity contribution in [2.75, 3.05) is 7.05 Å². The summed E-state index contributed by atoms with van der Waals surface area (Å²) in [4.78, 5) is 10.4. The summed E-state index contributed by atoms with van der Waals surface area (Å²) in [6.07, 6.45) is 0. The molecule has 0 aliphatic heterocycles. The molecule has 0 saturated heterocycles. The maximum atomic E-state index is 4.57. The number of benzene rings is 1. The van der Waals surface area contributed by atoms with E-state index in [0.29, 0.717) is 0 Å². The molecule has 0 aliphatic carbocycles. The molecule has 1 aromatic heterocycles. The second-order valence-corrected chi connectivity index (χ2v) is 5.52. The molecular weight excluding hydrogens is 254 g/mol. The van der Waals surface area contributed by atoms with Gasteiger partial charge in [-0.2, -0.15) is 0 Å². The van der Waals surface area contributed by atoms with Gasteiger partial charge in [-0.1, -0.05) is 18.2 Å². The smallest absolute Gasteiger partial charge is 0.139 e. The van der Waals surface area contributed by atoms with Crippen LogP contribution in [0.3, 0.4) is 0 Å². The van der Waals surface area contributed by atoms with E-state index in [2.05, 4.69) is 46.5 Å². The third kappa shape index (κ3) is 4.04. The lowest BCUT2D eigenvalue weighted by molar-refractivity contribution is 0.773. The Kier molecular flexibility index (Phi) is 4.93. The van der Waals surface area contributed by atoms with Crippen LogP contribution in [0.2, 0.25) is 0 Å². The first-order chi connectivity index (χ1) is 9.19. The van der Waals surface area contributed by atoms with Gasteiger partial charge in [0.2, 0.25) is 0 Å². The molecule has 100 valence electrons. The van der Waals surface area contributed by atoms with Crippen molar-refractivity contribution in [2.24, 2.45) is 0 Å². The van der Waals surface area contributed by atoms with Gasteiger partial charge in [0.15, 0.2) is 0 Å². The Morgan fingerprint density at radius 2 is 1.95 bits per heavy atom. The summed E-state index contributed by atoms with van der Waals surface area (Å²) >= 11 is 1.79. The molecule has 0 bridgehead atoms. The first-order valence-corrected chi connectivity index (χ1v) is 7.34. The molecule has 0 amide bonds. The first kappa shape index (κ1) is 14.0. The minimum absolute atomic E-state index is 0.783. The number of nitrogens with one attached hydrogen (secondary N) is 1. The zero-order valence-electron chi connectivity index (χ0n) is 11.6. The van der Waals surface area contributed by atoms with E-state index in [0.717, 1.165) is 29.5 Å². The third-order valence-corrected chi connectivity index (χ3v) is 3.93. The summed E-state index contributed by atoms with van der Waals surface area (Å²) in [5.74, 6) is 1.71. The largest absolute Gasteiger partial charge is 0.314 e. The Labute approximate surface area is 118 Å². The van der Waals surface area contributed by atoms with Gasteiger partial charge in [-0.25, -0.2) is 9.97 Å². The highest BCUT2D eigenvalue weighted by atomic mass is 32.2. The topological polar surface area (TPSA) is 37.8 Å². The van der Waals surface area contributed by atoms with Crippen molar-refractivity contribution in [3.05, 3.63) is 53.1 Å². The van der Waals surface area contributed by atoms with Crippen LogP contribution in [0, 0.1) is 13.8 Å². The van der Waals surface area contributed by atoms with E-state index in [1.54, 1.807) is 11.8 Å². The van der Waals surface area contributed by atoms with Crippen LogP contribution in [0.25, 0.3) is 0 Å². The van der Waals surface area contributed by atoms with Gasteiger partial charge in [0.05, 0.1) is 11.4 Å². The molecule has 0 radical (unpaired) electrons. The monoisotopic (exact) mass is 273 g/mol. The van der Waals surface area contributed by atoms with E-state index >= 15 is 0 Å². The number of aryl methyl sites for hydroxylation is 2. The van der Waals surface area contributed by atoms with Crippen molar-refractivity contribution in [1.29, 1.82) is 0 Å². The molecule has 0 spiro atoms. The van der Waals surface area contributed by atoms with Crippen LogP contribution in [0.15, 0.2) is 35.2 Å². The van der Waals surface area contributed by atoms with Crippen LogP contribution in [-0.4, -0.2) is 17.0 Å². The highest BCUT2D eigenvalue weighted by Crippen LogP contribution is 2.24. The van der Waals surface area contributed by atoms with Crippen LogP contribution < -0.4 is 5.32 Å². The molecule has 2 aromatic rings. The third-order valence-electron chi connectivity index (χ3n) is 2.76. The Hall–Kier alpha value is -1.39. The number of rotatable bonds is 5. The fraction of sp³-hybridized carbons (Fsp3) is 0.333.